The number of hydrogen-bond acceptors (Lipinski definition) is 5. The van der Waals surface area contributed by atoms with Crippen molar-refractivity contribution in [1.29, 1.82) is 0 Å². The smallest absolute Gasteiger partial charge is 0.262 e. The van der Waals surface area contributed by atoms with Crippen molar-refractivity contribution in [2.24, 2.45) is 0 Å². The molecule has 1 heterocycles. The molecule has 6 heteroatoms. The molecule has 28 heavy (non-hydrogen) atoms. The Morgan fingerprint density at radius 2 is 1.82 bits per heavy atom. The lowest BCUT2D eigenvalue weighted by molar-refractivity contribution is -0.118. The molecular formula is C22H24N2O3S. The summed E-state index contributed by atoms with van der Waals surface area (Å²) >= 11 is 1.52. The van der Waals surface area contributed by atoms with Crippen LogP contribution in [0.5, 0.6) is 11.5 Å². The lowest BCUT2D eigenvalue weighted by atomic mass is 9.87. The number of ether oxygens (including phenoxy) is 2. The van der Waals surface area contributed by atoms with Crippen molar-refractivity contribution in [3.05, 3.63) is 70.7 Å². The maximum absolute atomic E-state index is 12.3. The lowest BCUT2D eigenvalue weighted by Crippen LogP contribution is -2.20. The molecule has 0 bridgehead atoms. The number of thiazole rings is 1. The molecule has 2 aromatic carbocycles. The van der Waals surface area contributed by atoms with Crippen LogP contribution in [0, 0.1) is 0 Å². The second kappa shape index (κ2) is 8.89. The molecule has 1 aromatic heterocycles. The lowest BCUT2D eigenvalue weighted by Gasteiger charge is -2.19. The highest BCUT2D eigenvalue weighted by atomic mass is 32.1. The van der Waals surface area contributed by atoms with Crippen molar-refractivity contribution < 1.29 is 14.3 Å². The van der Waals surface area contributed by atoms with Gasteiger partial charge >= 0.3 is 0 Å². The summed E-state index contributed by atoms with van der Waals surface area (Å²) in [6, 6.07) is 15.1. The SMILES string of the molecule is CC(C)(C)c1ccc(OCC(=O)Nc2ccccc2OCc2cscn2)cc1. The summed E-state index contributed by atoms with van der Waals surface area (Å²) in [5, 5.41) is 4.77. The number of carbonyl (C=O) groups is 1. The molecule has 5 nitrogen and oxygen atoms in total. The third-order valence-corrected chi connectivity index (χ3v) is 4.75. The van der Waals surface area contributed by atoms with E-state index in [-0.39, 0.29) is 17.9 Å². The molecule has 0 atom stereocenters. The molecule has 0 aliphatic rings. The first kappa shape index (κ1) is 19.9. The molecule has 0 saturated heterocycles. The van der Waals surface area contributed by atoms with E-state index in [1.165, 1.54) is 16.9 Å². The van der Waals surface area contributed by atoms with Crippen LogP contribution in [0.3, 0.4) is 0 Å². The Balaban J connectivity index is 1.55. The Morgan fingerprint density at radius 1 is 1.07 bits per heavy atom. The molecule has 3 aromatic rings. The maximum atomic E-state index is 12.3. The molecular weight excluding hydrogens is 372 g/mol. The van der Waals surface area contributed by atoms with Gasteiger partial charge in [0.25, 0.3) is 5.91 Å². The summed E-state index contributed by atoms with van der Waals surface area (Å²) in [6.07, 6.45) is 0. The van der Waals surface area contributed by atoms with Gasteiger partial charge in [0.1, 0.15) is 18.1 Å². The second-order valence-electron chi connectivity index (χ2n) is 7.38. The number of benzene rings is 2. The molecule has 146 valence electrons. The van der Waals surface area contributed by atoms with Crippen LogP contribution in [0.25, 0.3) is 0 Å². The first-order chi connectivity index (χ1) is 13.4. The highest BCUT2D eigenvalue weighted by Gasteiger charge is 2.13. The summed E-state index contributed by atoms with van der Waals surface area (Å²) in [4.78, 5) is 16.5. The quantitative estimate of drug-likeness (QED) is 0.608. The predicted molar refractivity (Wildman–Crippen MR) is 112 cm³/mol. The summed E-state index contributed by atoms with van der Waals surface area (Å²) in [5.74, 6) is 1.01. The Kier molecular flexibility index (Phi) is 6.31. The van der Waals surface area contributed by atoms with E-state index in [1.807, 2.05) is 47.8 Å². The molecule has 0 unspecified atom stereocenters. The van der Waals surface area contributed by atoms with E-state index in [0.717, 1.165) is 5.69 Å². The average molecular weight is 397 g/mol. The zero-order valence-corrected chi connectivity index (χ0v) is 17.1. The van der Waals surface area contributed by atoms with E-state index in [4.69, 9.17) is 9.47 Å². The molecule has 0 spiro atoms. The molecule has 3 rings (SSSR count). The van der Waals surface area contributed by atoms with Crippen LogP contribution >= 0.6 is 11.3 Å². The Bertz CT molecular complexity index is 900. The number of anilines is 1. The molecule has 0 aliphatic carbocycles. The van der Waals surface area contributed by atoms with Crippen molar-refractivity contribution in [2.75, 3.05) is 11.9 Å². The number of nitrogens with one attached hydrogen (secondary N) is 1. The Labute approximate surface area is 169 Å². The Morgan fingerprint density at radius 3 is 2.50 bits per heavy atom. The van der Waals surface area contributed by atoms with Crippen LogP contribution in [0.1, 0.15) is 32.0 Å². The van der Waals surface area contributed by atoms with Gasteiger partial charge in [-0.3, -0.25) is 4.79 Å². The Hall–Kier alpha value is -2.86. The van der Waals surface area contributed by atoms with Crippen LogP contribution in [0.4, 0.5) is 5.69 Å². The fourth-order valence-electron chi connectivity index (χ4n) is 2.54. The number of hydrogen-bond donors (Lipinski definition) is 1. The largest absolute Gasteiger partial charge is 0.485 e. The molecule has 1 amide bonds. The van der Waals surface area contributed by atoms with E-state index in [1.54, 1.807) is 11.6 Å². The van der Waals surface area contributed by atoms with E-state index in [0.29, 0.717) is 23.8 Å². The number of nitrogens with zero attached hydrogens (tertiary/aromatic N) is 1. The zero-order chi connectivity index (χ0) is 20.0. The minimum absolute atomic E-state index is 0.0741. The van der Waals surface area contributed by atoms with Gasteiger partial charge in [0.15, 0.2) is 6.61 Å². The third-order valence-electron chi connectivity index (χ3n) is 4.11. The minimum atomic E-state index is -0.246. The van der Waals surface area contributed by atoms with E-state index in [2.05, 4.69) is 31.1 Å². The number of carbonyl (C=O) groups excluding carboxylic acids is 1. The molecule has 0 radical (unpaired) electrons. The average Bonchev–Trinajstić information content (AvgIpc) is 3.19. The normalized spacial score (nSPS) is 11.1. The summed E-state index contributed by atoms with van der Waals surface area (Å²) in [6.45, 7) is 6.75. The van der Waals surface area contributed by atoms with Gasteiger partial charge in [-0.25, -0.2) is 4.98 Å². The van der Waals surface area contributed by atoms with Crippen LogP contribution in [0.2, 0.25) is 0 Å². The monoisotopic (exact) mass is 396 g/mol. The topological polar surface area (TPSA) is 60.5 Å². The highest BCUT2D eigenvalue weighted by molar-refractivity contribution is 7.07. The standard InChI is InChI=1S/C22H24N2O3S/c1-22(2,3)16-8-10-18(11-9-16)26-13-21(25)24-19-6-4-5-7-20(19)27-12-17-14-28-15-23-17/h4-11,14-15H,12-13H2,1-3H3,(H,24,25). The van der Waals surface area contributed by atoms with E-state index < -0.39 is 0 Å². The van der Waals surface area contributed by atoms with Crippen molar-refractivity contribution in [3.8, 4) is 11.5 Å². The van der Waals surface area contributed by atoms with Gasteiger partial charge in [-0.2, -0.15) is 0 Å². The van der Waals surface area contributed by atoms with Crippen LogP contribution in [-0.4, -0.2) is 17.5 Å². The van der Waals surface area contributed by atoms with Gasteiger partial charge < -0.3 is 14.8 Å². The van der Waals surface area contributed by atoms with Crippen molar-refractivity contribution in [1.82, 2.24) is 4.98 Å². The van der Waals surface area contributed by atoms with Crippen molar-refractivity contribution in [2.45, 2.75) is 32.8 Å². The maximum Gasteiger partial charge on any atom is 0.262 e. The fourth-order valence-corrected chi connectivity index (χ4v) is 3.09. The molecule has 1 N–H and O–H groups in total. The first-order valence-electron chi connectivity index (χ1n) is 9.04. The number of aromatic nitrogens is 1. The van der Waals surface area contributed by atoms with Gasteiger partial charge in [-0.15, -0.1) is 11.3 Å². The van der Waals surface area contributed by atoms with Gasteiger partial charge in [0, 0.05) is 5.38 Å². The highest BCUT2D eigenvalue weighted by Crippen LogP contribution is 2.26. The molecule has 0 fully saturated rings. The van der Waals surface area contributed by atoms with Crippen LogP contribution in [0.15, 0.2) is 59.4 Å². The summed E-state index contributed by atoms with van der Waals surface area (Å²) < 4.78 is 11.4. The number of rotatable bonds is 7. The third kappa shape index (κ3) is 5.57. The van der Waals surface area contributed by atoms with Gasteiger partial charge in [-0.1, -0.05) is 45.0 Å². The van der Waals surface area contributed by atoms with Gasteiger partial charge in [-0.05, 0) is 35.2 Å². The number of amides is 1. The second-order valence-corrected chi connectivity index (χ2v) is 8.09. The minimum Gasteiger partial charge on any atom is -0.485 e. The first-order valence-corrected chi connectivity index (χ1v) is 9.98. The van der Waals surface area contributed by atoms with E-state index >= 15 is 0 Å². The fraction of sp³-hybridized carbons (Fsp3) is 0.273. The summed E-state index contributed by atoms with van der Waals surface area (Å²) in [5.41, 5.74) is 4.52. The predicted octanol–water partition coefficient (Wildman–Crippen LogP) is 5.04. The zero-order valence-electron chi connectivity index (χ0n) is 16.3. The molecule has 0 aliphatic heterocycles. The van der Waals surface area contributed by atoms with Crippen LogP contribution in [-0.2, 0) is 16.8 Å². The van der Waals surface area contributed by atoms with Crippen molar-refractivity contribution in [3.63, 3.8) is 0 Å². The summed E-state index contributed by atoms with van der Waals surface area (Å²) in [7, 11) is 0. The number of para-hydroxylation sites is 2. The van der Waals surface area contributed by atoms with Gasteiger partial charge in [0.2, 0.25) is 0 Å². The van der Waals surface area contributed by atoms with Crippen molar-refractivity contribution >= 4 is 22.9 Å². The van der Waals surface area contributed by atoms with Gasteiger partial charge in [0.05, 0.1) is 16.9 Å². The molecule has 0 saturated carbocycles. The van der Waals surface area contributed by atoms with Crippen LogP contribution < -0.4 is 14.8 Å². The van der Waals surface area contributed by atoms with E-state index in [9.17, 15) is 4.79 Å².